The van der Waals surface area contributed by atoms with E-state index in [9.17, 15) is 18.3 Å². The van der Waals surface area contributed by atoms with Crippen LogP contribution in [0.5, 0.6) is 5.75 Å². The SMILES string of the molecule is O=C1NS(=O)(=O)[C@H](CC2CC2)CC/C=C/[C@H](O)[C@@H]2CC[C@H]2CN2CCCCc3cc(Cl)ccc3COc3ccc1cc32. The summed E-state index contributed by atoms with van der Waals surface area (Å²) in [7, 11) is -3.88. The molecule has 9 heteroatoms. The number of halogens is 1. The molecule has 2 aromatic carbocycles. The molecule has 0 radical (unpaired) electrons. The normalized spacial score (nSPS) is 29.0. The van der Waals surface area contributed by atoms with Gasteiger partial charge in [0.1, 0.15) is 12.4 Å². The molecule has 2 bridgehead atoms. The average Bonchev–Trinajstić information content (AvgIpc) is 3.76. The topological polar surface area (TPSA) is 95.9 Å². The van der Waals surface area contributed by atoms with Gasteiger partial charge in [0.25, 0.3) is 5.91 Å². The van der Waals surface area contributed by atoms with E-state index in [0.29, 0.717) is 54.0 Å². The molecule has 6 rings (SSSR count). The summed E-state index contributed by atoms with van der Waals surface area (Å²) in [6.45, 7) is 1.86. The number of fused-ring (bicyclic) bond motifs is 3. The van der Waals surface area contributed by atoms with Gasteiger partial charge in [-0.15, -0.1) is 0 Å². The molecule has 2 aromatic rings. The minimum Gasteiger partial charge on any atom is -0.487 e. The van der Waals surface area contributed by atoms with Crippen LogP contribution in [0, 0.1) is 17.8 Å². The van der Waals surface area contributed by atoms with Crippen molar-refractivity contribution in [2.45, 2.75) is 82.2 Å². The molecule has 0 aromatic heterocycles. The van der Waals surface area contributed by atoms with Crippen molar-refractivity contribution >= 4 is 33.2 Å². The molecular weight excluding hydrogens is 572 g/mol. The van der Waals surface area contributed by atoms with Crippen LogP contribution in [0.2, 0.25) is 5.02 Å². The van der Waals surface area contributed by atoms with Gasteiger partial charge in [0.15, 0.2) is 0 Å². The molecule has 7 nitrogen and oxygen atoms in total. The third kappa shape index (κ3) is 6.81. The molecule has 0 saturated heterocycles. The zero-order valence-corrected chi connectivity index (χ0v) is 25.6. The van der Waals surface area contributed by atoms with Crippen LogP contribution in [-0.2, 0) is 23.1 Å². The number of carbonyl (C=O) groups excluding carboxylic acids is 1. The Morgan fingerprint density at radius 1 is 1.02 bits per heavy atom. The van der Waals surface area contributed by atoms with Gasteiger partial charge in [-0.3, -0.25) is 4.79 Å². The molecule has 1 amide bonds. The molecule has 2 heterocycles. The number of nitrogens with one attached hydrogen (secondary N) is 1. The van der Waals surface area contributed by atoms with Crippen molar-refractivity contribution in [3.05, 3.63) is 70.3 Å². The number of aliphatic hydroxyl groups excluding tert-OH is 1. The predicted octanol–water partition coefficient (Wildman–Crippen LogP) is 6.03. The van der Waals surface area contributed by atoms with Gasteiger partial charge in [-0.2, -0.15) is 0 Å². The number of rotatable bonds is 2. The number of nitrogens with zero attached hydrogens (tertiary/aromatic N) is 1. The van der Waals surface area contributed by atoms with Crippen molar-refractivity contribution in [2.24, 2.45) is 17.8 Å². The highest BCUT2D eigenvalue weighted by Gasteiger charge is 2.37. The fourth-order valence-electron chi connectivity index (χ4n) is 6.69. The van der Waals surface area contributed by atoms with Gasteiger partial charge in [0.05, 0.1) is 17.0 Å². The molecule has 2 fully saturated rings. The summed E-state index contributed by atoms with van der Waals surface area (Å²) in [5.41, 5.74) is 3.35. The minimum absolute atomic E-state index is 0.153. The van der Waals surface area contributed by atoms with E-state index >= 15 is 0 Å². The largest absolute Gasteiger partial charge is 0.487 e. The molecule has 2 aliphatic carbocycles. The van der Waals surface area contributed by atoms with Crippen LogP contribution >= 0.6 is 11.6 Å². The van der Waals surface area contributed by atoms with E-state index < -0.39 is 27.3 Å². The zero-order valence-electron chi connectivity index (χ0n) is 24.0. The van der Waals surface area contributed by atoms with Crippen molar-refractivity contribution in [1.29, 1.82) is 0 Å². The van der Waals surface area contributed by atoms with Gasteiger partial charge in [0.2, 0.25) is 10.0 Å². The summed E-state index contributed by atoms with van der Waals surface area (Å²) in [4.78, 5) is 15.7. The van der Waals surface area contributed by atoms with Gasteiger partial charge in [-0.05, 0) is 111 Å². The van der Waals surface area contributed by atoms with Crippen LogP contribution in [0.1, 0.15) is 79.3 Å². The smallest absolute Gasteiger partial charge is 0.264 e. The molecular formula is C33H41ClN2O5S. The number of aryl methyl sites for hydroxylation is 1. The Hall–Kier alpha value is -2.55. The maximum absolute atomic E-state index is 13.4. The van der Waals surface area contributed by atoms with E-state index in [1.165, 1.54) is 5.56 Å². The fraction of sp³-hybridized carbons (Fsp3) is 0.545. The monoisotopic (exact) mass is 612 g/mol. The van der Waals surface area contributed by atoms with Crippen LogP contribution in [-0.4, -0.2) is 43.9 Å². The molecule has 0 spiro atoms. The number of anilines is 1. The van der Waals surface area contributed by atoms with E-state index in [2.05, 4.69) is 9.62 Å². The molecule has 42 heavy (non-hydrogen) atoms. The second kappa shape index (κ2) is 12.6. The maximum atomic E-state index is 13.4. The van der Waals surface area contributed by atoms with E-state index in [1.54, 1.807) is 18.2 Å². The standard InChI is InChI=1S/C33H41ClN2O5S/c34-27-13-10-26-21-41-32-15-12-24-19-30(32)36(16-4-3-5-23(26)18-27)20-25-11-14-29(25)31(37)7-2-1-6-28(17-22-8-9-22)42(39,40)35-33(24)38/h2,7,10,12-13,15,18-19,22,25,28-29,31,37H,1,3-6,8-9,11,14,16-17,20-21H2,(H,35,38)/b7-2+/t25-,28-,29+,31-/m0/s1. The first-order valence-electron chi connectivity index (χ1n) is 15.5. The van der Waals surface area contributed by atoms with Gasteiger partial charge in [0, 0.05) is 23.7 Å². The predicted molar refractivity (Wildman–Crippen MR) is 165 cm³/mol. The second-order valence-electron chi connectivity index (χ2n) is 12.6. The lowest BCUT2D eigenvalue weighted by Crippen LogP contribution is -2.43. The number of hydrogen-bond donors (Lipinski definition) is 2. The first-order chi connectivity index (χ1) is 20.3. The number of allylic oxidation sites excluding steroid dienone is 1. The van der Waals surface area contributed by atoms with Crippen LogP contribution in [0.15, 0.2) is 48.6 Å². The highest BCUT2D eigenvalue weighted by molar-refractivity contribution is 7.90. The van der Waals surface area contributed by atoms with Gasteiger partial charge >= 0.3 is 0 Å². The molecule has 2 saturated carbocycles. The van der Waals surface area contributed by atoms with Gasteiger partial charge in [-0.25, -0.2) is 13.1 Å². The lowest BCUT2D eigenvalue weighted by Gasteiger charge is -2.42. The Kier molecular flexibility index (Phi) is 8.85. The third-order valence-electron chi connectivity index (χ3n) is 9.56. The summed E-state index contributed by atoms with van der Waals surface area (Å²) in [5, 5.41) is 11.1. The summed E-state index contributed by atoms with van der Waals surface area (Å²) in [6, 6.07) is 11.1. The highest BCUT2D eigenvalue weighted by Crippen LogP contribution is 2.41. The number of sulfonamides is 1. The van der Waals surface area contributed by atoms with Crippen molar-refractivity contribution < 1.29 is 23.1 Å². The van der Waals surface area contributed by atoms with Crippen molar-refractivity contribution in [1.82, 2.24) is 4.72 Å². The highest BCUT2D eigenvalue weighted by atomic mass is 35.5. The third-order valence-corrected chi connectivity index (χ3v) is 11.6. The molecule has 2 N–H and O–H groups in total. The lowest BCUT2D eigenvalue weighted by atomic mass is 9.70. The van der Waals surface area contributed by atoms with Crippen molar-refractivity contribution in [2.75, 3.05) is 18.0 Å². The Bertz CT molecular complexity index is 1440. The number of aliphatic hydroxyl groups is 1. The number of amides is 1. The molecule has 226 valence electrons. The molecule has 4 atom stereocenters. The summed E-state index contributed by atoms with van der Waals surface area (Å²) in [5.74, 6) is 0.916. The molecule has 4 aliphatic rings. The quantitative estimate of drug-likeness (QED) is 0.402. The van der Waals surface area contributed by atoms with Gasteiger partial charge in [-0.1, -0.05) is 42.7 Å². The van der Waals surface area contributed by atoms with E-state index in [0.717, 1.165) is 69.3 Å². The second-order valence-corrected chi connectivity index (χ2v) is 15.0. The Morgan fingerprint density at radius 3 is 2.67 bits per heavy atom. The van der Waals surface area contributed by atoms with Crippen molar-refractivity contribution in [3.63, 3.8) is 0 Å². The molecule has 2 aliphatic heterocycles. The first-order valence-corrected chi connectivity index (χ1v) is 17.4. The Labute approximate surface area is 254 Å². The minimum atomic E-state index is -3.88. The first kappa shape index (κ1) is 29.5. The lowest BCUT2D eigenvalue weighted by molar-refractivity contribution is 0.0461. The van der Waals surface area contributed by atoms with Crippen molar-refractivity contribution in [3.8, 4) is 5.75 Å². The van der Waals surface area contributed by atoms with Crippen LogP contribution in [0.3, 0.4) is 0 Å². The number of benzene rings is 2. The number of carbonyl (C=O) groups is 1. The summed E-state index contributed by atoms with van der Waals surface area (Å²) in [6.07, 6.45) is 11.6. The van der Waals surface area contributed by atoms with E-state index in [4.69, 9.17) is 16.3 Å². The van der Waals surface area contributed by atoms with Gasteiger partial charge < -0.3 is 14.7 Å². The Morgan fingerprint density at radius 2 is 1.88 bits per heavy atom. The zero-order chi connectivity index (χ0) is 29.3. The van der Waals surface area contributed by atoms with E-state index in [-0.39, 0.29) is 5.92 Å². The number of ether oxygens (including phenoxy) is 1. The van der Waals surface area contributed by atoms with Crippen LogP contribution in [0.25, 0.3) is 0 Å². The summed E-state index contributed by atoms with van der Waals surface area (Å²) >= 11 is 6.31. The fourth-order valence-corrected chi connectivity index (χ4v) is 8.40. The maximum Gasteiger partial charge on any atom is 0.264 e. The average molecular weight is 613 g/mol. The summed E-state index contributed by atoms with van der Waals surface area (Å²) < 4.78 is 35.7. The van der Waals surface area contributed by atoms with E-state index in [1.807, 2.05) is 30.4 Å². The molecule has 0 unspecified atom stereocenters. The number of hydrogen-bond acceptors (Lipinski definition) is 6. The van der Waals surface area contributed by atoms with Crippen LogP contribution in [0.4, 0.5) is 5.69 Å². The van der Waals surface area contributed by atoms with Crippen LogP contribution < -0.4 is 14.4 Å². The Balaban J connectivity index is 1.36.